The minimum Gasteiger partial charge on any atom is -0.497 e. The number of nitrogens with one attached hydrogen (secondary N) is 2. The quantitative estimate of drug-likeness (QED) is 0.512. The lowest BCUT2D eigenvalue weighted by Gasteiger charge is -2.39. The first-order valence-corrected chi connectivity index (χ1v) is 10.1. The van der Waals surface area contributed by atoms with Gasteiger partial charge in [-0.15, -0.1) is 0 Å². The van der Waals surface area contributed by atoms with Crippen molar-refractivity contribution in [1.29, 1.82) is 0 Å². The molecule has 1 heterocycles. The largest absolute Gasteiger partial charge is 0.497 e. The minimum absolute atomic E-state index is 0.503. The Morgan fingerprint density at radius 1 is 1.15 bits per heavy atom. The van der Waals surface area contributed by atoms with Crippen LogP contribution < -0.4 is 15.4 Å². The van der Waals surface area contributed by atoms with E-state index in [2.05, 4.69) is 46.5 Å². The van der Waals surface area contributed by atoms with Crippen LogP contribution in [-0.2, 0) is 11.3 Å². The summed E-state index contributed by atoms with van der Waals surface area (Å²) >= 11 is 0. The molecule has 2 rings (SSSR count). The zero-order chi connectivity index (χ0) is 19.5. The lowest BCUT2D eigenvalue weighted by molar-refractivity contribution is 0.00272. The summed E-state index contributed by atoms with van der Waals surface area (Å²) in [5, 5.41) is 6.95. The molecule has 1 aliphatic heterocycles. The molecule has 27 heavy (non-hydrogen) atoms. The van der Waals surface area contributed by atoms with Gasteiger partial charge in [0, 0.05) is 39.3 Å². The monoisotopic (exact) mass is 376 g/mol. The molecular formula is C21H36N4O2. The van der Waals surface area contributed by atoms with E-state index in [0.717, 1.165) is 51.1 Å². The van der Waals surface area contributed by atoms with E-state index >= 15 is 0 Å². The third-order valence-corrected chi connectivity index (χ3v) is 5.43. The summed E-state index contributed by atoms with van der Waals surface area (Å²) in [6, 6.07) is 8.60. The van der Waals surface area contributed by atoms with E-state index in [9.17, 15) is 0 Å². The van der Waals surface area contributed by atoms with Crippen molar-refractivity contribution in [3.63, 3.8) is 0 Å². The second-order valence-electron chi connectivity index (χ2n) is 6.95. The van der Waals surface area contributed by atoms with Crippen LogP contribution in [-0.4, -0.2) is 63.9 Å². The number of rotatable bonds is 9. The molecule has 152 valence electrons. The number of nitrogens with zero attached hydrogens (tertiary/aromatic N) is 2. The van der Waals surface area contributed by atoms with Crippen molar-refractivity contribution in [2.45, 2.75) is 39.3 Å². The lowest BCUT2D eigenvalue weighted by atomic mass is 9.92. The van der Waals surface area contributed by atoms with Gasteiger partial charge in [0.05, 0.1) is 20.3 Å². The number of benzene rings is 1. The Hall–Kier alpha value is -1.79. The average Bonchev–Trinajstić information content (AvgIpc) is 2.74. The van der Waals surface area contributed by atoms with Gasteiger partial charge in [-0.25, -0.2) is 0 Å². The first-order chi connectivity index (χ1) is 13.2. The first-order valence-electron chi connectivity index (χ1n) is 10.1. The topological polar surface area (TPSA) is 58.1 Å². The molecule has 0 aliphatic carbocycles. The van der Waals surface area contributed by atoms with Gasteiger partial charge in [0.15, 0.2) is 5.96 Å². The Morgan fingerprint density at radius 3 is 2.37 bits per heavy atom. The maximum absolute atomic E-state index is 5.54. The Morgan fingerprint density at radius 2 is 1.81 bits per heavy atom. The van der Waals surface area contributed by atoms with Gasteiger partial charge < -0.3 is 20.1 Å². The van der Waals surface area contributed by atoms with Gasteiger partial charge in [-0.2, -0.15) is 0 Å². The van der Waals surface area contributed by atoms with Gasteiger partial charge >= 0.3 is 0 Å². The highest BCUT2D eigenvalue weighted by molar-refractivity contribution is 5.79. The Bertz CT molecular complexity index is 552. The number of ether oxygens (including phenoxy) is 2. The summed E-state index contributed by atoms with van der Waals surface area (Å²) in [6.45, 7) is 9.91. The molecule has 0 bridgehead atoms. The van der Waals surface area contributed by atoms with Crippen LogP contribution in [0.25, 0.3) is 0 Å². The maximum Gasteiger partial charge on any atom is 0.191 e. The fraction of sp³-hybridized carbons (Fsp3) is 0.667. The Kier molecular flexibility index (Phi) is 9.42. The number of hydrogen-bond donors (Lipinski definition) is 2. The molecule has 0 spiro atoms. The molecule has 1 aromatic carbocycles. The molecule has 1 unspecified atom stereocenters. The van der Waals surface area contributed by atoms with Crippen LogP contribution in [0.3, 0.4) is 0 Å². The summed E-state index contributed by atoms with van der Waals surface area (Å²) in [4.78, 5) is 6.97. The van der Waals surface area contributed by atoms with Crippen molar-refractivity contribution in [1.82, 2.24) is 15.5 Å². The second-order valence-corrected chi connectivity index (χ2v) is 6.95. The number of morpholine rings is 1. The predicted molar refractivity (Wildman–Crippen MR) is 111 cm³/mol. The molecule has 1 saturated heterocycles. The van der Waals surface area contributed by atoms with E-state index in [1.807, 2.05) is 19.2 Å². The summed E-state index contributed by atoms with van der Waals surface area (Å²) < 4.78 is 10.8. The van der Waals surface area contributed by atoms with Gasteiger partial charge in [0.25, 0.3) is 0 Å². The molecule has 0 radical (unpaired) electrons. The summed E-state index contributed by atoms with van der Waals surface area (Å²) in [5.41, 5.74) is 1.20. The molecule has 1 atom stereocenters. The van der Waals surface area contributed by atoms with Crippen LogP contribution in [0.4, 0.5) is 0 Å². The van der Waals surface area contributed by atoms with E-state index < -0.39 is 0 Å². The first kappa shape index (κ1) is 21.5. The highest BCUT2D eigenvalue weighted by atomic mass is 16.5. The van der Waals surface area contributed by atoms with Gasteiger partial charge in [-0.1, -0.05) is 38.8 Å². The van der Waals surface area contributed by atoms with Crippen LogP contribution in [0.2, 0.25) is 0 Å². The van der Waals surface area contributed by atoms with Crippen LogP contribution in [0, 0.1) is 5.92 Å². The van der Waals surface area contributed by atoms with Crippen LogP contribution in [0.1, 0.15) is 32.3 Å². The lowest BCUT2D eigenvalue weighted by Crippen LogP contribution is -2.53. The molecule has 0 saturated carbocycles. The second kappa shape index (κ2) is 11.8. The van der Waals surface area contributed by atoms with Crippen molar-refractivity contribution in [3.8, 4) is 5.75 Å². The minimum atomic E-state index is 0.503. The molecular weight excluding hydrogens is 340 g/mol. The molecule has 6 nitrogen and oxygen atoms in total. The molecule has 1 fully saturated rings. The molecule has 1 aromatic rings. The molecule has 6 heteroatoms. The normalized spacial score (nSPS) is 17.0. The molecule has 2 N–H and O–H groups in total. The standard InChI is InChI=1S/C21H36N4O2/c1-5-18(6-2)20(25-11-13-27-14-12-25)16-24-21(22-3)23-15-17-7-9-19(26-4)10-8-17/h7-10,18,20H,5-6,11-16H2,1-4H3,(H2,22,23,24). The predicted octanol–water partition coefficient (Wildman–Crippen LogP) is 2.50. The summed E-state index contributed by atoms with van der Waals surface area (Å²) in [6.07, 6.45) is 2.39. The van der Waals surface area contributed by atoms with Crippen LogP contribution in [0.15, 0.2) is 29.3 Å². The maximum atomic E-state index is 5.54. The van der Waals surface area contributed by atoms with Crippen molar-refractivity contribution in [2.24, 2.45) is 10.9 Å². The van der Waals surface area contributed by atoms with Gasteiger partial charge in [0.2, 0.25) is 0 Å². The highest BCUT2D eigenvalue weighted by Gasteiger charge is 2.26. The fourth-order valence-electron chi connectivity index (χ4n) is 3.69. The van der Waals surface area contributed by atoms with Crippen LogP contribution in [0.5, 0.6) is 5.75 Å². The number of aliphatic imine (C=N–C) groups is 1. The Labute approximate surface area is 164 Å². The van der Waals surface area contributed by atoms with Crippen molar-refractivity contribution >= 4 is 5.96 Å². The molecule has 0 aromatic heterocycles. The van der Waals surface area contributed by atoms with Crippen LogP contribution >= 0.6 is 0 Å². The fourth-order valence-corrected chi connectivity index (χ4v) is 3.69. The molecule has 0 amide bonds. The third kappa shape index (κ3) is 6.70. The van der Waals surface area contributed by atoms with E-state index in [4.69, 9.17) is 9.47 Å². The zero-order valence-corrected chi connectivity index (χ0v) is 17.3. The van der Waals surface area contributed by atoms with E-state index in [1.165, 1.54) is 18.4 Å². The average molecular weight is 377 g/mol. The smallest absolute Gasteiger partial charge is 0.191 e. The van der Waals surface area contributed by atoms with E-state index in [-0.39, 0.29) is 0 Å². The van der Waals surface area contributed by atoms with E-state index in [1.54, 1.807) is 7.11 Å². The highest BCUT2D eigenvalue weighted by Crippen LogP contribution is 2.19. The van der Waals surface area contributed by atoms with Gasteiger partial charge in [-0.05, 0) is 23.6 Å². The third-order valence-electron chi connectivity index (χ3n) is 5.43. The van der Waals surface area contributed by atoms with Gasteiger partial charge in [0.1, 0.15) is 5.75 Å². The van der Waals surface area contributed by atoms with Crippen molar-refractivity contribution in [2.75, 3.05) is 47.0 Å². The van der Waals surface area contributed by atoms with Crippen molar-refractivity contribution < 1.29 is 9.47 Å². The summed E-state index contributed by atoms with van der Waals surface area (Å²) in [7, 11) is 3.51. The van der Waals surface area contributed by atoms with E-state index in [0.29, 0.717) is 12.0 Å². The number of hydrogen-bond acceptors (Lipinski definition) is 4. The number of methoxy groups -OCH3 is 1. The summed E-state index contributed by atoms with van der Waals surface area (Å²) in [5.74, 6) is 2.39. The zero-order valence-electron chi connectivity index (χ0n) is 17.3. The SMILES string of the molecule is CCC(CC)C(CNC(=NC)NCc1ccc(OC)cc1)N1CCOCC1. The molecule has 1 aliphatic rings. The number of guanidine groups is 1. The van der Waals surface area contributed by atoms with Gasteiger partial charge in [-0.3, -0.25) is 9.89 Å². The van der Waals surface area contributed by atoms with Crippen molar-refractivity contribution in [3.05, 3.63) is 29.8 Å². The Balaban J connectivity index is 1.89.